The summed E-state index contributed by atoms with van der Waals surface area (Å²) < 4.78 is 24.3. The number of rotatable bonds is 3. The van der Waals surface area contributed by atoms with Crippen molar-refractivity contribution in [1.29, 1.82) is 0 Å². The van der Waals surface area contributed by atoms with Crippen molar-refractivity contribution in [2.45, 2.75) is 17.7 Å². The molecule has 1 aliphatic rings. The minimum absolute atomic E-state index is 0.0550. The molecule has 6 nitrogen and oxygen atoms in total. The maximum atomic E-state index is 12.1. The Hall–Kier alpha value is -1.15. The summed E-state index contributed by atoms with van der Waals surface area (Å²) in [6.07, 6.45) is 0.605. The number of nitrogens with zero attached hydrogens (tertiary/aromatic N) is 1. The predicted octanol–water partition coefficient (Wildman–Crippen LogP) is 0.904. The van der Waals surface area contributed by atoms with Gasteiger partial charge in [0, 0.05) is 25.9 Å². The molecule has 1 heterocycles. The van der Waals surface area contributed by atoms with Crippen molar-refractivity contribution in [2.75, 3.05) is 13.1 Å². The number of piperidine rings is 1. The highest BCUT2D eigenvalue weighted by molar-refractivity contribution is 7.89. The van der Waals surface area contributed by atoms with E-state index in [0.717, 1.165) is 0 Å². The van der Waals surface area contributed by atoms with Crippen molar-refractivity contribution < 1.29 is 18.3 Å². The molecule has 8 heteroatoms. The highest BCUT2D eigenvalue weighted by atomic mass is 35.5. The van der Waals surface area contributed by atoms with Gasteiger partial charge in [-0.25, -0.2) is 13.4 Å². The first-order valence-electron chi connectivity index (χ1n) is 5.67. The summed E-state index contributed by atoms with van der Waals surface area (Å²) in [5.41, 5.74) is 0. The molecule has 0 radical (unpaired) electrons. The van der Waals surface area contributed by atoms with Crippen molar-refractivity contribution >= 4 is 27.4 Å². The number of hydrogen-bond acceptors (Lipinski definition) is 5. The third-order valence-electron chi connectivity index (χ3n) is 2.79. The van der Waals surface area contributed by atoms with Gasteiger partial charge in [-0.1, -0.05) is 17.7 Å². The fraction of sp³-hybridized carbons (Fsp3) is 0.364. The third-order valence-corrected chi connectivity index (χ3v) is 4.68. The van der Waals surface area contributed by atoms with Gasteiger partial charge in [-0.05, 0) is 12.1 Å². The monoisotopic (exact) mass is 304 g/mol. The summed E-state index contributed by atoms with van der Waals surface area (Å²) in [4.78, 5) is 13.1. The van der Waals surface area contributed by atoms with Crippen molar-refractivity contribution in [2.24, 2.45) is 0 Å². The van der Waals surface area contributed by atoms with E-state index in [-0.39, 0.29) is 15.7 Å². The Kier molecular flexibility index (Phi) is 4.10. The largest absolute Gasteiger partial charge is 0.506 e. The SMILES string of the molecule is O=C1CCN(NS(=O)(=O)c2c(O)cccc2Cl)CC1. The molecule has 1 fully saturated rings. The van der Waals surface area contributed by atoms with Gasteiger partial charge in [0.05, 0.1) is 5.02 Å². The molecular formula is C11H13ClN2O4S. The number of benzene rings is 1. The van der Waals surface area contributed by atoms with Crippen LogP contribution in [-0.4, -0.2) is 37.4 Å². The van der Waals surface area contributed by atoms with E-state index < -0.39 is 15.8 Å². The van der Waals surface area contributed by atoms with Gasteiger partial charge in [0.1, 0.15) is 16.4 Å². The van der Waals surface area contributed by atoms with E-state index in [4.69, 9.17) is 11.6 Å². The van der Waals surface area contributed by atoms with Gasteiger partial charge in [0.25, 0.3) is 10.0 Å². The van der Waals surface area contributed by atoms with Crippen LogP contribution < -0.4 is 4.83 Å². The smallest absolute Gasteiger partial charge is 0.258 e. The van der Waals surface area contributed by atoms with E-state index in [2.05, 4.69) is 4.83 Å². The minimum atomic E-state index is -3.96. The number of halogens is 1. The van der Waals surface area contributed by atoms with E-state index in [1.165, 1.54) is 23.2 Å². The molecule has 0 unspecified atom stereocenters. The second kappa shape index (κ2) is 5.46. The normalized spacial score (nSPS) is 17.6. The highest BCUT2D eigenvalue weighted by Crippen LogP contribution is 2.29. The Morgan fingerprint density at radius 2 is 1.89 bits per heavy atom. The van der Waals surface area contributed by atoms with Gasteiger partial charge >= 0.3 is 0 Å². The number of hydrazine groups is 1. The number of Topliss-reactive ketones (excluding diaryl/α,β-unsaturated/α-hetero) is 1. The standard InChI is InChI=1S/C11H13ClN2O4S/c12-9-2-1-3-10(16)11(9)19(17,18)13-14-6-4-8(15)5-7-14/h1-3,13,16H,4-7H2. The van der Waals surface area contributed by atoms with Crippen LogP contribution >= 0.6 is 11.6 Å². The lowest BCUT2D eigenvalue weighted by molar-refractivity contribution is -0.121. The van der Waals surface area contributed by atoms with E-state index in [1.54, 1.807) is 0 Å². The van der Waals surface area contributed by atoms with Crippen LogP contribution in [0.15, 0.2) is 23.1 Å². The maximum absolute atomic E-state index is 12.1. The van der Waals surface area contributed by atoms with Gasteiger partial charge in [0.15, 0.2) is 0 Å². The average Bonchev–Trinajstić information content (AvgIpc) is 2.31. The van der Waals surface area contributed by atoms with Crippen LogP contribution in [0.5, 0.6) is 5.75 Å². The lowest BCUT2D eigenvalue weighted by Crippen LogP contribution is -2.46. The van der Waals surface area contributed by atoms with Gasteiger partial charge in [-0.15, -0.1) is 4.83 Å². The Morgan fingerprint density at radius 3 is 2.47 bits per heavy atom. The first-order chi connectivity index (χ1) is 8.90. The molecule has 2 rings (SSSR count). The predicted molar refractivity (Wildman–Crippen MR) is 69.3 cm³/mol. The molecule has 1 saturated heterocycles. The second-order valence-corrected chi connectivity index (χ2v) is 6.21. The van der Waals surface area contributed by atoms with Gasteiger partial charge in [0.2, 0.25) is 0 Å². The van der Waals surface area contributed by atoms with Gasteiger partial charge in [-0.3, -0.25) is 4.79 Å². The first kappa shape index (κ1) is 14.3. The van der Waals surface area contributed by atoms with Crippen LogP contribution in [0.4, 0.5) is 0 Å². The lowest BCUT2D eigenvalue weighted by atomic mass is 10.1. The average molecular weight is 305 g/mol. The van der Waals surface area contributed by atoms with E-state index in [9.17, 15) is 18.3 Å². The number of carbonyl (C=O) groups excluding carboxylic acids is 1. The molecule has 1 aromatic rings. The molecule has 2 N–H and O–H groups in total. The topological polar surface area (TPSA) is 86.7 Å². The molecule has 0 bridgehead atoms. The van der Waals surface area contributed by atoms with Crippen LogP contribution in [0.3, 0.4) is 0 Å². The zero-order valence-electron chi connectivity index (χ0n) is 9.97. The quantitative estimate of drug-likeness (QED) is 0.866. The van der Waals surface area contributed by atoms with Crippen molar-refractivity contribution in [3.63, 3.8) is 0 Å². The van der Waals surface area contributed by atoms with Crippen LogP contribution in [0, 0.1) is 0 Å². The van der Waals surface area contributed by atoms with Crippen LogP contribution in [0.25, 0.3) is 0 Å². The van der Waals surface area contributed by atoms with Crippen LogP contribution in [0.2, 0.25) is 5.02 Å². The number of ketones is 1. The number of aromatic hydroxyl groups is 1. The number of sulfonamides is 1. The van der Waals surface area contributed by atoms with E-state index in [1.807, 2.05) is 0 Å². The molecule has 19 heavy (non-hydrogen) atoms. The van der Waals surface area contributed by atoms with Crippen LogP contribution in [0.1, 0.15) is 12.8 Å². The molecule has 0 amide bonds. The first-order valence-corrected chi connectivity index (χ1v) is 7.53. The summed E-state index contributed by atoms with van der Waals surface area (Å²) in [5, 5.41) is 11.0. The third kappa shape index (κ3) is 3.24. The molecule has 0 atom stereocenters. The fourth-order valence-electron chi connectivity index (χ4n) is 1.83. The van der Waals surface area contributed by atoms with E-state index in [0.29, 0.717) is 25.9 Å². The van der Waals surface area contributed by atoms with Crippen LogP contribution in [-0.2, 0) is 14.8 Å². The Labute approximate surface area is 116 Å². The number of hydrogen-bond donors (Lipinski definition) is 2. The Balaban J connectivity index is 2.21. The maximum Gasteiger partial charge on any atom is 0.258 e. The molecule has 0 aromatic heterocycles. The molecule has 0 aliphatic carbocycles. The number of carbonyl (C=O) groups is 1. The van der Waals surface area contributed by atoms with Gasteiger partial charge in [-0.2, -0.15) is 0 Å². The Bertz CT molecular complexity index is 572. The number of phenolic OH excluding ortho intramolecular Hbond substituents is 1. The van der Waals surface area contributed by atoms with Gasteiger partial charge < -0.3 is 5.11 Å². The molecule has 0 spiro atoms. The van der Waals surface area contributed by atoms with Crippen molar-refractivity contribution in [3.8, 4) is 5.75 Å². The Morgan fingerprint density at radius 1 is 1.26 bits per heavy atom. The summed E-state index contributed by atoms with van der Waals surface area (Å²) in [5.74, 6) is -0.302. The molecule has 1 aromatic carbocycles. The molecular weight excluding hydrogens is 292 g/mol. The van der Waals surface area contributed by atoms with E-state index >= 15 is 0 Å². The molecule has 0 saturated carbocycles. The molecule has 104 valence electrons. The van der Waals surface area contributed by atoms with Crippen molar-refractivity contribution in [3.05, 3.63) is 23.2 Å². The zero-order valence-corrected chi connectivity index (χ0v) is 11.5. The lowest BCUT2D eigenvalue weighted by Gasteiger charge is -2.26. The number of nitrogens with one attached hydrogen (secondary N) is 1. The number of phenols is 1. The summed E-state index contributed by atoms with van der Waals surface area (Å²) in [6.45, 7) is 0.618. The zero-order chi connectivity index (χ0) is 14.0. The highest BCUT2D eigenvalue weighted by Gasteiger charge is 2.26. The molecule has 1 aliphatic heterocycles. The van der Waals surface area contributed by atoms with Crippen molar-refractivity contribution in [1.82, 2.24) is 9.84 Å². The summed E-state index contributed by atoms with van der Waals surface area (Å²) in [6, 6.07) is 4.09. The summed E-state index contributed by atoms with van der Waals surface area (Å²) >= 11 is 5.80. The minimum Gasteiger partial charge on any atom is -0.506 e. The second-order valence-electron chi connectivity index (χ2n) is 4.21. The summed E-state index contributed by atoms with van der Waals surface area (Å²) in [7, 11) is -3.96. The fourth-order valence-corrected chi connectivity index (χ4v) is 3.58.